The van der Waals surface area contributed by atoms with Gasteiger partial charge in [-0.15, -0.1) is 0 Å². The predicted molar refractivity (Wildman–Crippen MR) is 59.0 cm³/mol. The number of nitrogens with zero attached hydrogens (tertiary/aromatic N) is 1. The van der Waals surface area contributed by atoms with E-state index < -0.39 is 11.6 Å². The number of piperazine rings is 1. The second kappa shape index (κ2) is 3.66. The molecule has 1 atom stereocenters. The zero-order valence-electron chi connectivity index (χ0n) is 8.96. The van der Waals surface area contributed by atoms with Gasteiger partial charge in [0.1, 0.15) is 6.04 Å². The summed E-state index contributed by atoms with van der Waals surface area (Å²) in [6.07, 6.45) is 0. The van der Waals surface area contributed by atoms with E-state index in [1.807, 2.05) is 4.90 Å². The highest BCUT2D eigenvalue weighted by Gasteiger charge is 2.35. The van der Waals surface area contributed by atoms with Crippen molar-refractivity contribution < 1.29 is 13.6 Å². The number of benzene rings is 1. The molecule has 1 aromatic carbocycles. The lowest BCUT2D eigenvalue weighted by molar-refractivity contribution is -0.117. The molecule has 1 saturated heterocycles. The van der Waals surface area contributed by atoms with Gasteiger partial charge in [0.15, 0.2) is 11.6 Å². The van der Waals surface area contributed by atoms with Gasteiger partial charge in [-0.05, 0) is 0 Å². The van der Waals surface area contributed by atoms with E-state index in [0.717, 1.165) is 18.7 Å². The van der Waals surface area contributed by atoms with Crippen LogP contribution >= 0.6 is 0 Å². The van der Waals surface area contributed by atoms with E-state index in [-0.39, 0.29) is 11.9 Å². The summed E-state index contributed by atoms with van der Waals surface area (Å²) in [4.78, 5) is 13.6. The molecule has 0 spiro atoms. The van der Waals surface area contributed by atoms with Crippen molar-refractivity contribution in [3.05, 3.63) is 23.8 Å². The van der Waals surface area contributed by atoms with Crippen molar-refractivity contribution in [2.24, 2.45) is 0 Å². The van der Waals surface area contributed by atoms with Crippen molar-refractivity contribution in [3.8, 4) is 0 Å². The SMILES string of the molecule is O=C1Nc2cc(F)c(F)cc2N2CCNCC12. The van der Waals surface area contributed by atoms with Gasteiger partial charge in [0, 0.05) is 31.8 Å². The molecule has 6 heteroatoms. The minimum atomic E-state index is -0.947. The number of carbonyl (C=O) groups is 1. The zero-order valence-corrected chi connectivity index (χ0v) is 8.96. The molecule has 0 aliphatic carbocycles. The topological polar surface area (TPSA) is 44.4 Å². The van der Waals surface area contributed by atoms with Gasteiger partial charge in [0.2, 0.25) is 5.91 Å². The fourth-order valence-electron chi connectivity index (χ4n) is 2.32. The van der Waals surface area contributed by atoms with E-state index in [1.54, 1.807) is 0 Å². The molecule has 2 heterocycles. The van der Waals surface area contributed by atoms with Crippen LogP contribution in [-0.2, 0) is 4.79 Å². The molecule has 4 nitrogen and oxygen atoms in total. The quantitative estimate of drug-likeness (QED) is 0.700. The molecule has 3 rings (SSSR count). The third kappa shape index (κ3) is 1.56. The Kier molecular flexibility index (Phi) is 2.25. The lowest BCUT2D eigenvalue weighted by Gasteiger charge is -2.41. The van der Waals surface area contributed by atoms with Gasteiger partial charge in [-0.25, -0.2) is 8.78 Å². The van der Waals surface area contributed by atoms with Crippen molar-refractivity contribution in [2.75, 3.05) is 29.9 Å². The van der Waals surface area contributed by atoms with Gasteiger partial charge < -0.3 is 15.5 Å². The Morgan fingerprint density at radius 2 is 2.06 bits per heavy atom. The van der Waals surface area contributed by atoms with E-state index >= 15 is 0 Å². The number of amides is 1. The Morgan fingerprint density at radius 3 is 2.88 bits per heavy atom. The first-order chi connectivity index (χ1) is 8.16. The van der Waals surface area contributed by atoms with Crippen LogP contribution in [0.3, 0.4) is 0 Å². The van der Waals surface area contributed by atoms with Gasteiger partial charge in [-0.1, -0.05) is 0 Å². The molecule has 17 heavy (non-hydrogen) atoms. The number of halogens is 2. The number of anilines is 2. The molecule has 0 radical (unpaired) electrons. The van der Waals surface area contributed by atoms with Crippen LogP contribution in [0.15, 0.2) is 12.1 Å². The van der Waals surface area contributed by atoms with Gasteiger partial charge in [0.05, 0.1) is 11.4 Å². The van der Waals surface area contributed by atoms with Crippen LogP contribution in [0.5, 0.6) is 0 Å². The fourth-order valence-corrected chi connectivity index (χ4v) is 2.32. The molecular formula is C11H11F2N3O. The Hall–Kier alpha value is -1.69. The van der Waals surface area contributed by atoms with Crippen molar-refractivity contribution in [3.63, 3.8) is 0 Å². The number of hydrogen-bond acceptors (Lipinski definition) is 3. The molecule has 1 aromatic rings. The monoisotopic (exact) mass is 239 g/mol. The molecule has 0 bridgehead atoms. The minimum absolute atomic E-state index is 0.185. The third-order valence-electron chi connectivity index (χ3n) is 3.15. The Bertz CT molecular complexity index is 492. The summed E-state index contributed by atoms with van der Waals surface area (Å²) in [7, 11) is 0. The first-order valence-electron chi connectivity index (χ1n) is 5.44. The van der Waals surface area contributed by atoms with Crippen molar-refractivity contribution in [1.29, 1.82) is 0 Å². The Balaban J connectivity index is 2.10. The minimum Gasteiger partial charge on any atom is -0.355 e. The highest BCUT2D eigenvalue weighted by molar-refractivity contribution is 6.03. The number of hydrogen-bond donors (Lipinski definition) is 2. The molecule has 2 N–H and O–H groups in total. The maximum atomic E-state index is 13.2. The van der Waals surface area contributed by atoms with Crippen LogP contribution < -0.4 is 15.5 Å². The molecule has 1 fully saturated rings. The maximum Gasteiger partial charge on any atom is 0.248 e. The van der Waals surface area contributed by atoms with E-state index in [1.165, 1.54) is 0 Å². The summed E-state index contributed by atoms with van der Waals surface area (Å²) in [5, 5.41) is 5.70. The number of rotatable bonds is 0. The number of fused-ring (bicyclic) bond motifs is 3. The van der Waals surface area contributed by atoms with E-state index in [0.29, 0.717) is 24.5 Å². The van der Waals surface area contributed by atoms with Gasteiger partial charge >= 0.3 is 0 Å². The first kappa shape index (κ1) is 10.5. The van der Waals surface area contributed by atoms with Crippen LogP contribution in [-0.4, -0.2) is 31.6 Å². The summed E-state index contributed by atoms with van der Waals surface area (Å²) in [6.45, 7) is 1.85. The highest BCUT2D eigenvalue weighted by Crippen LogP contribution is 2.34. The maximum absolute atomic E-state index is 13.2. The summed E-state index contributed by atoms with van der Waals surface area (Å²) in [6, 6.07) is 1.82. The Morgan fingerprint density at radius 1 is 1.29 bits per heavy atom. The molecule has 0 aromatic heterocycles. The molecule has 90 valence electrons. The van der Waals surface area contributed by atoms with Crippen LogP contribution in [0.1, 0.15) is 0 Å². The van der Waals surface area contributed by atoms with Crippen LogP contribution in [0.25, 0.3) is 0 Å². The second-order valence-corrected chi connectivity index (χ2v) is 4.19. The van der Waals surface area contributed by atoms with Crippen LogP contribution in [0.2, 0.25) is 0 Å². The molecule has 2 aliphatic heterocycles. The van der Waals surface area contributed by atoms with Crippen LogP contribution in [0.4, 0.5) is 20.2 Å². The summed E-state index contributed by atoms with van der Waals surface area (Å²) >= 11 is 0. The average molecular weight is 239 g/mol. The smallest absolute Gasteiger partial charge is 0.248 e. The molecule has 2 aliphatic rings. The van der Waals surface area contributed by atoms with Crippen molar-refractivity contribution in [1.82, 2.24) is 5.32 Å². The zero-order chi connectivity index (χ0) is 12.0. The summed E-state index contributed by atoms with van der Waals surface area (Å²) < 4.78 is 26.3. The van der Waals surface area contributed by atoms with Crippen LogP contribution in [0, 0.1) is 11.6 Å². The summed E-state index contributed by atoms with van der Waals surface area (Å²) in [5.74, 6) is -2.02. The van der Waals surface area contributed by atoms with Crippen molar-refractivity contribution in [2.45, 2.75) is 6.04 Å². The fraction of sp³-hybridized carbons (Fsp3) is 0.364. The van der Waals surface area contributed by atoms with E-state index in [9.17, 15) is 13.6 Å². The molecular weight excluding hydrogens is 228 g/mol. The average Bonchev–Trinajstić information content (AvgIpc) is 2.32. The predicted octanol–water partition coefficient (Wildman–Crippen LogP) is 0.695. The second-order valence-electron chi connectivity index (χ2n) is 4.19. The highest BCUT2D eigenvalue weighted by atomic mass is 19.2. The Labute approximate surface area is 96.6 Å². The first-order valence-corrected chi connectivity index (χ1v) is 5.44. The normalized spacial score (nSPS) is 22.8. The van der Waals surface area contributed by atoms with Crippen molar-refractivity contribution >= 4 is 17.3 Å². The molecule has 1 unspecified atom stereocenters. The number of nitrogens with one attached hydrogen (secondary N) is 2. The standard InChI is InChI=1S/C11H11F2N3O/c12-6-3-8-9(4-7(6)13)16-2-1-14-5-10(16)11(17)15-8/h3-4,10,14H,1-2,5H2,(H,15,17). The van der Waals surface area contributed by atoms with E-state index in [2.05, 4.69) is 10.6 Å². The van der Waals surface area contributed by atoms with Gasteiger partial charge in [-0.3, -0.25) is 4.79 Å². The van der Waals surface area contributed by atoms with Gasteiger partial charge in [0.25, 0.3) is 0 Å². The third-order valence-corrected chi connectivity index (χ3v) is 3.15. The lowest BCUT2D eigenvalue weighted by Crippen LogP contribution is -2.58. The molecule has 1 amide bonds. The molecule has 0 saturated carbocycles. The largest absolute Gasteiger partial charge is 0.355 e. The van der Waals surface area contributed by atoms with E-state index in [4.69, 9.17) is 0 Å². The lowest BCUT2D eigenvalue weighted by atomic mass is 10.1. The summed E-state index contributed by atoms with van der Waals surface area (Å²) in [5.41, 5.74) is 0.891. The number of carbonyl (C=O) groups excluding carboxylic acids is 1. The van der Waals surface area contributed by atoms with Gasteiger partial charge in [-0.2, -0.15) is 0 Å².